The number of carboxylic acids is 1. The zero-order valence-electron chi connectivity index (χ0n) is 10.7. The minimum absolute atomic E-state index is 0.153. The molecule has 1 aromatic carbocycles. The van der Waals surface area contributed by atoms with Gasteiger partial charge < -0.3 is 5.11 Å². The molecule has 1 aromatic rings. The molecule has 0 radical (unpaired) electrons. The molecule has 0 amide bonds. The second-order valence-corrected chi connectivity index (χ2v) is 4.93. The Hall–Kier alpha value is -1.39. The normalized spacial score (nSPS) is 21.9. The van der Waals surface area contributed by atoms with Gasteiger partial charge in [-0.3, -0.25) is 14.6 Å². The van der Waals surface area contributed by atoms with Crippen LogP contribution in [-0.2, 0) is 11.3 Å². The Balaban J connectivity index is 1.86. The van der Waals surface area contributed by atoms with Crippen LogP contribution in [0.2, 0.25) is 0 Å². The number of benzene rings is 1. The molecule has 0 aromatic heterocycles. The fourth-order valence-electron chi connectivity index (χ4n) is 2.46. The van der Waals surface area contributed by atoms with Crippen molar-refractivity contribution in [1.82, 2.24) is 9.80 Å². The molecule has 1 atom stereocenters. The van der Waals surface area contributed by atoms with E-state index in [1.807, 2.05) is 11.0 Å². The summed E-state index contributed by atoms with van der Waals surface area (Å²) in [6, 6.07) is 10.7. The largest absolute Gasteiger partial charge is 0.480 e. The predicted molar refractivity (Wildman–Crippen MR) is 70.4 cm³/mol. The number of piperazine rings is 1. The standard InChI is InChI=1S/C14H20N2O2/c1-12-9-15(7-8-16(12)11-14(17)18)10-13-5-3-2-4-6-13/h2-6,12H,7-11H2,1H3,(H,17,18)/t12-/m1/s1. The third-order valence-corrected chi connectivity index (χ3v) is 3.44. The maximum atomic E-state index is 10.7. The average Bonchev–Trinajstić information content (AvgIpc) is 2.33. The monoisotopic (exact) mass is 248 g/mol. The highest BCUT2D eigenvalue weighted by molar-refractivity contribution is 5.69. The number of hydrogen-bond donors (Lipinski definition) is 1. The van der Waals surface area contributed by atoms with Crippen molar-refractivity contribution in [2.75, 3.05) is 26.2 Å². The van der Waals surface area contributed by atoms with Gasteiger partial charge in [0.05, 0.1) is 6.54 Å². The van der Waals surface area contributed by atoms with Crippen molar-refractivity contribution in [3.8, 4) is 0 Å². The van der Waals surface area contributed by atoms with Gasteiger partial charge in [0.2, 0.25) is 0 Å². The first kappa shape index (κ1) is 13.1. The van der Waals surface area contributed by atoms with E-state index in [2.05, 4.69) is 36.1 Å². The Kier molecular flexibility index (Phi) is 4.33. The Morgan fingerprint density at radius 1 is 1.33 bits per heavy atom. The van der Waals surface area contributed by atoms with Crippen molar-refractivity contribution in [1.29, 1.82) is 0 Å². The Bertz CT molecular complexity index is 394. The fourth-order valence-corrected chi connectivity index (χ4v) is 2.46. The number of hydrogen-bond acceptors (Lipinski definition) is 3. The van der Waals surface area contributed by atoms with E-state index in [4.69, 9.17) is 5.11 Å². The predicted octanol–water partition coefficient (Wildman–Crippen LogP) is 1.28. The molecule has 0 bridgehead atoms. The topological polar surface area (TPSA) is 43.8 Å². The van der Waals surface area contributed by atoms with E-state index in [-0.39, 0.29) is 6.54 Å². The van der Waals surface area contributed by atoms with E-state index in [1.54, 1.807) is 0 Å². The zero-order chi connectivity index (χ0) is 13.0. The maximum Gasteiger partial charge on any atom is 0.317 e. The summed E-state index contributed by atoms with van der Waals surface area (Å²) in [5.41, 5.74) is 1.32. The summed E-state index contributed by atoms with van der Waals surface area (Å²) in [6.45, 7) is 5.90. The highest BCUT2D eigenvalue weighted by Gasteiger charge is 2.24. The van der Waals surface area contributed by atoms with Gasteiger partial charge in [-0.15, -0.1) is 0 Å². The fraction of sp³-hybridized carbons (Fsp3) is 0.500. The van der Waals surface area contributed by atoms with Crippen LogP contribution in [-0.4, -0.2) is 53.1 Å². The second kappa shape index (κ2) is 5.98. The first-order chi connectivity index (χ1) is 8.65. The summed E-state index contributed by atoms with van der Waals surface area (Å²) in [6.07, 6.45) is 0. The van der Waals surface area contributed by atoms with Gasteiger partial charge >= 0.3 is 5.97 Å². The Morgan fingerprint density at radius 3 is 2.67 bits per heavy atom. The van der Waals surface area contributed by atoms with Gasteiger partial charge in [0.25, 0.3) is 0 Å². The number of carboxylic acid groups (broad SMARTS) is 1. The van der Waals surface area contributed by atoms with Crippen LogP contribution in [0.5, 0.6) is 0 Å². The van der Waals surface area contributed by atoms with Gasteiger partial charge in [-0.05, 0) is 12.5 Å². The quantitative estimate of drug-likeness (QED) is 0.871. The van der Waals surface area contributed by atoms with Crippen LogP contribution in [0.15, 0.2) is 30.3 Å². The molecule has 1 aliphatic rings. The van der Waals surface area contributed by atoms with E-state index >= 15 is 0 Å². The van der Waals surface area contributed by atoms with E-state index in [0.717, 1.165) is 26.2 Å². The molecule has 0 aliphatic carbocycles. The van der Waals surface area contributed by atoms with Gasteiger partial charge in [0, 0.05) is 32.2 Å². The molecule has 4 heteroatoms. The van der Waals surface area contributed by atoms with Gasteiger partial charge in [-0.2, -0.15) is 0 Å². The molecular weight excluding hydrogens is 228 g/mol. The van der Waals surface area contributed by atoms with Crippen LogP contribution >= 0.6 is 0 Å². The Morgan fingerprint density at radius 2 is 2.06 bits per heavy atom. The average molecular weight is 248 g/mol. The van der Waals surface area contributed by atoms with E-state index in [9.17, 15) is 4.79 Å². The second-order valence-electron chi connectivity index (χ2n) is 4.93. The lowest BCUT2D eigenvalue weighted by atomic mass is 10.1. The highest BCUT2D eigenvalue weighted by Crippen LogP contribution is 2.12. The molecule has 1 heterocycles. The van der Waals surface area contributed by atoms with Gasteiger partial charge in [0.15, 0.2) is 0 Å². The van der Waals surface area contributed by atoms with Crippen molar-refractivity contribution >= 4 is 5.97 Å². The lowest BCUT2D eigenvalue weighted by molar-refractivity contribution is -0.139. The van der Waals surface area contributed by atoms with Gasteiger partial charge in [-0.25, -0.2) is 0 Å². The van der Waals surface area contributed by atoms with Crippen LogP contribution < -0.4 is 0 Å². The van der Waals surface area contributed by atoms with Crippen LogP contribution in [0.3, 0.4) is 0 Å². The molecule has 0 spiro atoms. The van der Waals surface area contributed by atoms with Crippen molar-refractivity contribution in [3.05, 3.63) is 35.9 Å². The lowest BCUT2D eigenvalue weighted by Crippen LogP contribution is -2.52. The molecule has 1 aliphatic heterocycles. The molecule has 18 heavy (non-hydrogen) atoms. The summed E-state index contributed by atoms with van der Waals surface area (Å²) < 4.78 is 0. The molecule has 1 saturated heterocycles. The number of carbonyl (C=O) groups is 1. The minimum Gasteiger partial charge on any atom is -0.480 e. The van der Waals surface area contributed by atoms with Crippen molar-refractivity contribution in [2.45, 2.75) is 19.5 Å². The van der Waals surface area contributed by atoms with Gasteiger partial charge in [-0.1, -0.05) is 30.3 Å². The maximum absolute atomic E-state index is 10.7. The van der Waals surface area contributed by atoms with Crippen molar-refractivity contribution in [3.63, 3.8) is 0 Å². The number of nitrogens with zero attached hydrogens (tertiary/aromatic N) is 2. The van der Waals surface area contributed by atoms with Crippen LogP contribution in [0, 0.1) is 0 Å². The molecule has 0 unspecified atom stereocenters. The summed E-state index contributed by atoms with van der Waals surface area (Å²) in [4.78, 5) is 15.1. The molecule has 4 nitrogen and oxygen atoms in total. The summed E-state index contributed by atoms with van der Waals surface area (Å²) in [7, 11) is 0. The van der Waals surface area contributed by atoms with Crippen LogP contribution in [0.25, 0.3) is 0 Å². The third-order valence-electron chi connectivity index (χ3n) is 3.44. The van der Waals surface area contributed by atoms with Crippen LogP contribution in [0.4, 0.5) is 0 Å². The first-order valence-corrected chi connectivity index (χ1v) is 6.37. The molecule has 1 N–H and O–H groups in total. The van der Waals surface area contributed by atoms with E-state index in [0.29, 0.717) is 6.04 Å². The SMILES string of the molecule is C[C@@H]1CN(Cc2ccccc2)CCN1CC(=O)O. The minimum atomic E-state index is -0.738. The zero-order valence-corrected chi connectivity index (χ0v) is 10.7. The smallest absolute Gasteiger partial charge is 0.317 e. The van der Waals surface area contributed by atoms with Crippen molar-refractivity contribution < 1.29 is 9.90 Å². The highest BCUT2D eigenvalue weighted by atomic mass is 16.4. The summed E-state index contributed by atoms with van der Waals surface area (Å²) in [5, 5.41) is 8.83. The number of aliphatic carboxylic acids is 1. The van der Waals surface area contributed by atoms with Crippen LogP contribution in [0.1, 0.15) is 12.5 Å². The van der Waals surface area contributed by atoms with Gasteiger partial charge in [0.1, 0.15) is 0 Å². The van der Waals surface area contributed by atoms with E-state index < -0.39 is 5.97 Å². The lowest BCUT2D eigenvalue weighted by Gasteiger charge is -2.39. The molecule has 2 rings (SSSR count). The third kappa shape index (κ3) is 3.55. The molecule has 98 valence electrons. The first-order valence-electron chi connectivity index (χ1n) is 6.37. The van der Waals surface area contributed by atoms with Crippen molar-refractivity contribution in [2.24, 2.45) is 0 Å². The summed E-state index contributed by atoms with van der Waals surface area (Å²) >= 11 is 0. The molecule has 0 saturated carbocycles. The molecule has 1 fully saturated rings. The summed E-state index contributed by atoms with van der Waals surface area (Å²) in [5.74, 6) is -0.738. The molecular formula is C14H20N2O2. The Labute approximate surface area is 108 Å². The van der Waals surface area contributed by atoms with E-state index in [1.165, 1.54) is 5.56 Å². The number of rotatable bonds is 4.